The normalized spacial score (nSPS) is 19.5. The van der Waals surface area contributed by atoms with Gasteiger partial charge in [0.1, 0.15) is 10.9 Å². The number of alkyl halides is 3. The number of sulfonamides is 1. The Morgan fingerprint density at radius 3 is 2.39 bits per heavy atom. The van der Waals surface area contributed by atoms with Gasteiger partial charge in [0, 0.05) is 31.5 Å². The fourth-order valence-corrected chi connectivity index (χ4v) is 4.83. The molecule has 7 nitrogen and oxygen atoms in total. The maximum absolute atomic E-state index is 13.8. The molecule has 1 aliphatic rings. The topological polar surface area (TPSA) is 99.8 Å². The van der Waals surface area contributed by atoms with E-state index < -0.39 is 39.5 Å². The number of aromatic nitrogens is 1. The highest BCUT2D eigenvalue weighted by atomic mass is 32.2. The average Bonchev–Trinajstić information content (AvgIpc) is 2.75. The number of anilines is 2. The van der Waals surface area contributed by atoms with Crippen molar-refractivity contribution in [2.75, 3.05) is 30.3 Å². The molecule has 0 saturated carbocycles. The second-order valence-corrected chi connectivity index (χ2v) is 9.56. The van der Waals surface area contributed by atoms with Gasteiger partial charge in [-0.1, -0.05) is 18.1 Å². The molecule has 1 aromatic heterocycles. The van der Waals surface area contributed by atoms with Gasteiger partial charge in [0.2, 0.25) is 10.0 Å². The molecule has 2 aromatic rings. The molecule has 0 amide bonds. The molecule has 2 atom stereocenters. The van der Waals surface area contributed by atoms with E-state index in [4.69, 9.17) is 5.73 Å². The summed E-state index contributed by atoms with van der Waals surface area (Å²) in [4.78, 5) is 4.98. The van der Waals surface area contributed by atoms with Crippen molar-refractivity contribution in [2.24, 2.45) is 0 Å². The molecule has 12 heteroatoms. The second kappa shape index (κ2) is 8.81. The summed E-state index contributed by atoms with van der Waals surface area (Å²) < 4.78 is 80.2. The molecule has 1 aromatic carbocycles. The van der Waals surface area contributed by atoms with E-state index in [0.29, 0.717) is 12.6 Å². The lowest BCUT2D eigenvalue weighted by molar-refractivity contribution is -0.258. The number of benzene rings is 1. The van der Waals surface area contributed by atoms with Crippen molar-refractivity contribution in [1.29, 1.82) is 0 Å². The van der Waals surface area contributed by atoms with Gasteiger partial charge in [0.05, 0.1) is 0 Å². The highest BCUT2D eigenvalue weighted by molar-refractivity contribution is 7.89. The van der Waals surface area contributed by atoms with Crippen LogP contribution in [0.15, 0.2) is 41.4 Å². The zero-order chi connectivity index (χ0) is 24.6. The number of aliphatic hydroxyl groups is 1. The number of hydrogen-bond donors (Lipinski definition) is 2. The summed E-state index contributed by atoms with van der Waals surface area (Å²) in [6, 6.07) is 5.37. The van der Waals surface area contributed by atoms with Crippen molar-refractivity contribution in [3.8, 4) is 11.8 Å². The standard InChI is InChI=1S/C21H22F4N4O3S/c1-3-4-16-13-28(33(31,32)17-11-18(22)19(26)27-12-17)9-10-29(16)15-7-5-14(6-8-15)20(2,30)21(23,24)25/h5-8,11-12,16,30H,9-10,13H2,1-2H3,(H2,26,27)/t16-,20?/m0/s1. The van der Waals surface area contributed by atoms with Gasteiger partial charge in [-0.2, -0.15) is 17.5 Å². The Balaban J connectivity index is 1.86. The first-order chi connectivity index (χ1) is 15.3. The number of nitrogen functional groups attached to an aromatic ring is 1. The van der Waals surface area contributed by atoms with Gasteiger partial charge in [-0.3, -0.25) is 0 Å². The number of nitrogens with zero attached hydrogens (tertiary/aromatic N) is 3. The van der Waals surface area contributed by atoms with Crippen molar-refractivity contribution < 1.29 is 31.1 Å². The first-order valence-electron chi connectivity index (χ1n) is 9.78. The Morgan fingerprint density at radius 2 is 1.85 bits per heavy atom. The molecule has 0 bridgehead atoms. The third kappa shape index (κ3) is 4.75. The summed E-state index contributed by atoms with van der Waals surface area (Å²) >= 11 is 0. The number of pyridine rings is 1. The van der Waals surface area contributed by atoms with Crippen LogP contribution >= 0.6 is 0 Å². The lowest BCUT2D eigenvalue weighted by atomic mass is 9.95. The SMILES string of the molecule is CC#C[C@H]1CN(S(=O)(=O)c2cnc(N)c(F)c2)CCN1c1ccc(C(C)(O)C(F)(F)F)cc1. The number of rotatable bonds is 4. The first-order valence-corrected chi connectivity index (χ1v) is 11.2. The van der Waals surface area contributed by atoms with Gasteiger partial charge < -0.3 is 15.7 Å². The molecule has 3 N–H and O–H groups in total. The Labute approximate surface area is 188 Å². The molecule has 3 rings (SSSR count). The van der Waals surface area contributed by atoms with Crippen LogP contribution in [0.2, 0.25) is 0 Å². The van der Waals surface area contributed by atoms with Gasteiger partial charge in [0.25, 0.3) is 0 Å². The largest absolute Gasteiger partial charge is 0.421 e. The number of piperazine rings is 1. The molecule has 1 unspecified atom stereocenters. The lowest BCUT2D eigenvalue weighted by Gasteiger charge is -2.40. The Morgan fingerprint density at radius 1 is 1.21 bits per heavy atom. The van der Waals surface area contributed by atoms with Gasteiger partial charge in [-0.05, 0) is 37.6 Å². The molecule has 0 spiro atoms. The number of halogens is 4. The van der Waals surface area contributed by atoms with E-state index >= 15 is 0 Å². The van der Waals surface area contributed by atoms with Crippen LogP contribution in [-0.4, -0.2) is 54.7 Å². The van der Waals surface area contributed by atoms with E-state index in [2.05, 4.69) is 16.8 Å². The van der Waals surface area contributed by atoms with Crippen LogP contribution in [0, 0.1) is 17.7 Å². The van der Waals surface area contributed by atoms with Crippen molar-refractivity contribution >= 4 is 21.5 Å². The predicted molar refractivity (Wildman–Crippen MR) is 114 cm³/mol. The van der Waals surface area contributed by atoms with E-state index in [-0.39, 0.29) is 30.1 Å². The van der Waals surface area contributed by atoms with Crippen LogP contribution in [0.3, 0.4) is 0 Å². The molecule has 0 aliphatic carbocycles. The van der Waals surface area contributed by atoms with Gasteiger partial charge in [-0.15, -0.1) is 5.92 Å². The molecule has 2 heterocycles. The van der Waals surface area contributed by atoms with Crippen LogP contribution < -0.4 is 10.6 Å². The molecule has 0 radical (unpaired) electrons. The van der Waals surface area contributed by atoms with Gasteiger partial charge in [-0.25, -0.2) is 17.8 Å². The monoisotopic (exact) mass is 486 g/mol. The third-order valence-electron chi connectivity index (χ3n) is 5.45. The second-order valence-electron chi connectivity index (χ2n) is 7.62. The van der Waals surface area contributed by atoms with Crippen LogP contribution in [0.1, 0.15) is 19.4 Å². The Hall–Kier alpha value is -2.88. The third-order valence-corrected chi connectivity index (χ3v) is 7.28. The fraction of sp³-hybridized carbons (Fsp3) is 0.381. The number of nitrogens with two attached hydrogens (primary N) is 1. The quantitative estimate of drug-likeness (QED) is 0.509. The van der Waals surface area contributed by atoms with Crippen molar-refractivity contribution in [3.63, 3.8) is 0 Å². The van der Waals surface area contributed by atoms with Crippen LogP contribution in [-0.2, 0) is 15.6 Å². The van der Waals surface area contributed by atoms with Crippen molar-refractivity contribution in [3.05, 3.63) is 47.9 Å². The molecule has 1 fully saturated rings. The maximum Gasteiger partial charge on any atom is 0.421 e. The minimum Gasteiger partial charge on any atom is -0.381 e. The summed E-state index contributed by atoms with van der Waals surface area (Å²) in [5.74, 6) is 4.27. The van der Waals surface area contributed by atoms with Crippen LogP contribution in [0.25, 0.3) is 0 Å². The lowest BCUT2D eigenvalue weighted by Crippen LogP contribution is -2.54. The van der Waals surface area contributed by atoms with E-state index in [1.807, 2.05) is 0 Å². The summed E-state index contributed by atoms with van der Waals surface area (Å²) in [6.45, 7) is 2.40. The minimum absolute atomic E-state index is 0.0260. The highest BCUT2D eigenvalue weighted by Crippen LogP contribution is 2.39. The van der Waals surface area contributed by atoms with Crippen molar-refractivity contribution in [2.45, 2.75) is 36.6 Å². The van der Waals surface area contributed by atoms with Gasteiger partial charge in [0.15, 0.2) is 17.2 Å². The van der Waals surface area contributed by atoms with E-state index in [0.717, 1.165) is 16.6 Å². The first kappa shape index (κ1) is 24.8. The molecule has 178 valence electrons. The van der Waals surface area contributed by atoms with E-state index in [1.54, 1.807) is 11.8 Å². The predicted octanol–water partition coefficient (Wildman–Crippen LogP) is 2.48. The van der Waals surface area contributed by atoms with Crippen LogP contribution in [0.4, 0.5) is 29.1 Å². The summed E-state index contributed by atoms with van der Waals surface area (Å²) in [5, 5.41) is 9.85. The smallest absolute Gasteiger partial charge is 0.381 e. The molecule has 1 saturated heterocycles. The molecular formula is C21H22F4N4O3S. The van der Waals surface area contributed by atoms with Crippen molar-refractivity contribution in [1.82, 2.24) is 9.29 Å². The Kier molecular flexibility index (Phi) is 6.61. The average molecular weight is 486 g/mol. The van der Waals surface area contributed by atoms with Crippen LogP contribution in [0.5, 0.6) is 0 Å². The summed E-state index contributed by atoms with van der Waals surface area (Å²) in [7, 11) is -4.08. The minimum atomic E-state index is -4.85. The van der Waals surface area contributed by atoms with E-state index in [1.165, 1.54) is 24.3 Å². The molecule has 33 heavy (non-hydrogen) atoms. The van der Waals surface area contributed by atoms with Gasteiger partial charge >= 0.3 is 6.18 Å². The summed E-state index contributed by atoms with van der Waals surface area (Å²) in [6.07, 6.45) is -3.87. The number of hydrogen-bond acceptors (Lipinski definition) is 6. The molecular weight excluding hydrogens is 464 g/mol. The zero-order valence-electron chi connectivity index (χ0n) is 17.8. The Bertz CT molecular complexity index is 1190. The zero-order valence-corrected chi connectivity index (χ0v) is 18.6. The van der Waals surface area contributed by atoms with E-state index in [9.17, 15) is 31.1 Å². The summed E-state index contributed by atoms with van der Waals surface area (Å²) in [5.41, 5.74) is 2.50. The highest BCUT2D eigenvalue weighted by Gasteiger charge is 2.51. The molecule has 1 aliphatic heterocycles. The maximum atomic E-state index is 13.8. The fourth-order valence-electron chi connectivity index (χ4n) is 3.44.